The molecule has 3 aromatic rings. The minimum Gasteiger partial charge on any atom is -0.493 e. The number of rotatable bonds is 5. The van der Waals surface area contributed by atoms with Gasteiger partial charge in [0.1, 0.15) is 0 Å². The Hall–Kier alpha value is -3.40. The number of thiazole rings is 1. The molecule has 10 heteroatoms. The Labute approximate surface area is 178 Å². The monoisotopic (exact) mass is 426 g/mol. The Balaban J connectivity index is 1.56. The van der Waals surface area contributed by atoms with Gasteiger partial charge in [-0.2, -0.15) is 0 Å². The number of nitrogens with zero attached hydrogens (tertiary/aromatic N) is 4. The molecule has 9 nitrogen and oxygen atoms in total. The lowest BCUT2D eigenvalue weighted by atomic mass is 10.1. The zero-order chi connectivity index (χ0) is 21.1. The molecule has 0 saturated carbocycles. The number of hydrogen-bond acceptors (Lipinski definition) is 8. The molecule has 0 unspecified atom stereocenters. The van der Waals surface area contributed by atoms with Crippen LogP contribution in [-0.4, -0.2) is 48.8 Å². The van der Waals surface area contributed by atoms with Crippen molar-refractivity contribution in [2.75, 3.05) is 38.0 Å². The van der Waals surface area contributed by atoms with Gasteiger partial charge in [0.05, 0.1) is 32.2 Å². The number of hydrogen-bond donors (Lipinski definition) is 2. The molecule has 0 saturated heterocycles. The zero-order valence-corrected chi connectivity index (χ0v) is 17.7. The summed E-state index contributed by atoms with van der Waals surface area (Å²) in [5.74, 6) is 1.98. The van der Waals surface area contributed by atoms with E-state index in [0.29, 0.717) is 29.1 Å². The van der Waals surface area contributed by atoms with Crippen LogP contribution in [0.15, 0.2) is 30.5 Å². The van der Waals surface area contributed by atoms with Crippen LogP contribution >= 0.6 is 11.3 Å². The second kappa shape index (κ2) is 8.54. The normalized spacial score (nSPS) is 12.8. The Kier molecular flexibility index (Phi) is 5.66. The molecule has 2 aromatic heterocycles. The summed E-state index contributed by atoms with van der Waals surface area (Å²) >= 11 is 1.48. The van der Waals surface area contributed by atoms with Crippen molar-refractivity contribution in [2.45, 2.75) is 13.0 Å². The highest BCUT2D eigenvalue weighted by Crippen LogP contribution is 2.33. The second-order valence-electron chi connectivity index (χ2n) is 6.58. The predicted octanol–water partition coefficient (Wildman–Crippen LogP) is 2.93. The molecule has 0 fully saturated rings. The molecular weight excluding hydrogens is 404 g/mol. The van der Waals surface area contributed by atoms with Gasteiger partial charge < -0.3 is 19.7 Å². The van der Waals surface area contributed by atoms with Crippen molar-refractivity contribution in [3.8, 4) is 22.8 Å². The molecule has 156 valence electrons. The van der Waals surface area contributed by atoms with Crippen molar-refractivity contribution >= 4 is 28.4 Å². The molecule has 2 amide bonds. The van der Waals surface area contributed by atoms with Crippen LogP contribution in [0.25, 0.3) is 11.3 Å². The molecule has 1 aliphatic heterocycles. The van der Waals surface area contributed by atoms with E-state index in [1.54, 1.807) is 27.5 Å². The van der Waals surface area contributed by atoms with Gasteiger partial charge in [-0.15, -0.1) is 0 Å². The molecule has 0 aliphatic carbocycles. The minimum absolute atomic E-state index is 0.274. The van der Waals surface area contributed by atoms with E-state index < -0.39 is 0 Å². The maximum absolute atomic E-state index is 11.5. The van der Waals surface area contributed by atoms with Crippen LogP contribution in [0.5, 0.6) is 11.5 Å². The fraction of sp³-hybridized carbons (Fsp3) is 0.300. The molecule has 4 rings (SSSR count). The molecule has 1 aromatic carbocycles. The molecule has 0 radical (unpaired) electrons. The minimum atomic E-state index is -0.274. The number of fused-ring (bicyclic) bond motifs is 1. The van der Waals surface area contributed by atoms with Crippen LogP contribution in [0, 0.1) is 0 Å². The summed E-state index contributed by atoms with van der Waals surface area (Å²) in [5.41, 5.74) is 2.74. The van der Waals surface area contributed by atoms with Crippen molar-refractivity contribution < 1.29 is 14.3 Å². The van der Waals surface area contributed by atoms with Gasteiger partial charge in [0, 0.05) is 36.7 Å². The summed E-state index contributed by atoms with van der Waals surface area (Å²) in [4.78, 5) is 28.5. The number of aromatic nitrogens is 3. The molecule has 3 heterocycles. The average Bonchev–Trinajstić information content (AvgIpc) is 3.19. The summed E-state index contributed by atoms with van der Waals surface area (Å²) in [5, 5.41) is 5.87. The third-order valence-corrected chi connectivity index (χ3v) is 5.78. The van der Waals surface area contributed by atoms with Gasteiger partial charge in [0.2, 0.25) is 5.95 Å². The summed E-state index contributed by atoms with van der Waals surface area (Å²) in [6, 6.07) is 7.31. The van der Waals surface area contributed by atoms with Crippen LogP contribution in [0.4, 0.5) is 15.9 Å². The highest BCUT2D eigenvalue weighted by molar-refractivity contribution is 7.15. The molecule has 0 atom stereocenters. The van der Waals surface area contributed by atoms with Gasteiger partial charge in [0.15, 0.2) is 16.6 Å². The van der Waals surface area contributed by atoms with Gasteiger partial charge in [-0.05, 0) is 24.3 Å². The van der Waals surface area contributed by atoms with Crippen LogP contribution < -0.4 is 25.0 Å². The van der Waals surface area contributed by atoms with Crippen LogP contribution in [0.3, 0.4) is 0 Å². The van der Waals surface area contributed by atoms with E-state index in [1.807, 2.05) is 24.3 Å². The number of carbonyl (C=O) groups is 1. The van der Waals surface area contributed by atoms with E-state index >= 15 is 0 Å². The Bertz CT molecular complexity index is 1070. The number of urea groups is 1. The fourth-order valence-corrected chi connectivity index (χ4v) is 4.26. The molecule has 2 N–H and O–H groups in total. The van der Waals surface area contributed by atoms with Crippen molar-refractivity contribution in [3.63, 3.8) is 0 Å². The van der Waals surface area contributed by atoms with Gasteiger partial charge in [-0.1, -0.05) is 11.3 Å². The van der Waals surface area contributed by atoms with Crippen LogP contribution in [0.1, 0.15) is 10.6 Å². The molecular formula is C20H22N6O3S. The highest BCUT2D eigenvalue weighted by Gasteiger charge is 2.23. The number of anilines is 2. The second-order valence-corrected chi connectivity index (χ2v) is 7.66. The summed E-state index contributed by atoms with van der Waals surface area (Å²) < 4.78 is 10.7. The lowest BCUT2D eigenvalue weighted by Gasteiger charge is -2.26. The van der Waals surface area contributed by atoms with E-state index in [2.05, 4.69) is 25.5 Å². The third kappa shape index (κ3) is 3.99. The number of ether oxygens (including phenoxy) is 2. The van der Waals surface area contributed by atoms with Crippen molar-refractivity contribution in [3.05, 3.63) is 41.0 Å². The fourth-order valence-electron chi connectivity index (χ4n) is 3.24. The number of carbonyl (C=O) groups excluding carboxylic acids is 1. The molecule has 0 bridgehead atoms. The number of amides is 2. The van der Waals surface area contributed by atoms with Crippen LogP contribution in [0.2, 0.25) is 0 Å². The SMILES string of the molecule is CNC(=O)Nc1nc2c(s1)CN(c1nccc(-c3ccc(OC)c(OC)c3)n1)CC2. The highest BCUT2D eigenvalue weighted by atomic mass is 32.1. The summed E-state index contributed by atoms with van der Waals surface area (Å²) in [6.45, 7) is 1.41. The van der Waals surface area contributed by atoms with E-state index in [9.17, 15) is 4.79 Å². The predicted molar refractivity (Wildman–Crippen MR) is 116 cm³/mol. The summed E-state index contributed by atoms with van der Waals surface area (Å²) in [7, 11) is 4.80. The van der Waals surface area contributed by atoms with Gasteiger partial charge in [0.25, 0.3) is 0 Å². The molecule has 1 aliphatic rings. The van der Waals surface area contributed by atoms with E-state index in [-0.39, 0.29) is 6.03 Å². The number of benzene rings is 1. The van der Waals surface area contributed by atoms with E-state index in [1.165, 1.54) is 11.3 Å². The van der Waals surface area contributed by atoms with Gasteiger partial charge in [-0.25, -0.2) is 19.7 Å². The maximum Gasteiger partial charge on any atom is 0.320 e. The summed E-state index contributed by atoms with van der Waals surface area (Å²) in [6.07, 6.45) is 2.53. The van der Waals surface area contributed by atoms with Gasteiger partial charge >= 0.3 is 6.03 Å². The number of methoxy groups -OCH3 is 2. The largest absolute Gasteiger partial charge is 0.493 e. The van der Waals surface area contributed by atoms with E-state index in [4.69, 9.17) is 14.5 Å². The van der Waals surface area contributed by atoms with Crippen molar-refractivity contribution in [2.24, 2.45) is 0 Å². The third-order valence-electron chi connectivity index (χ3n) is 4.78. The standard InChI is InChI=1S/C20H22N6O3S/c1-21-19(27)25-20-24-14-7-9-26(11-17(14)30-20)18-22-8-6-13(23-18)12-4-5-15(28-2)16(10-12)29-3/h4-6,8,10H,7,9,11H2,1-3H3,(H2,21,24,25,27). The van der Waals surface area contributed by atoms with Crippen molar-refractivity contribution in [1.82, 2.24) is 20.3 Å². The van der Waals surface area contributed by atoms with Gasteiger partial charge in [-0.3, -0.25) is 5.32 Å². The van der Waals surface area contributed by atoms with Crippen molar-refractivity contribution in [1.29, 1.82) is 0 Å². The Morgan fingerprint density at radius 1 is 1.17 bits per heavy atom. The van der Waals surface area contributed by atoms with E-state index in [0.717, 1.165) is 34.8 Å². The lowest BCUT2D eigenvalue weighted by molar-refractivity contribution is 0.254. The smallest absolute Gasteiger partial charge is 0.320 e. The number of nitrogens with one attached hydrogen (secondary N) is 2. The van der Waals surface area contributed by atoms with Crippen LogP contribution in [-0.2, 0) is 13.0 Å². The first-order valence-electron chi connectivity index (χ1n) is 9.39. The Morgan fingerprint density at radius 3 is 2.77 bits per heavy atom. The maximum atomic E-state index is 11.5. The zero-order valence-electron chi connectivity index (χ0n) is 16.9. The first kappa shape index (κ1) is 19.9. The molecule has 30 heavy (non-hydrogen) atoms. The molecule has 0 spiro atoms. The lowest BCUT2D eigenvalue weighted by Crippen LogP contribution is -2.31. The first-order valence-corrected chi connectivity index (χ1v) is 10.2. The topological polar surface area (TPSA) is 102 Å². The Morgan fingerprint density at radius 2 is 2.00 bits per heavy atom. The quantitative estimate of drug-likeness (QED) is 0.647. The first-order chi connectivity index (χ1) is 14.6. The average molecular weight is 427 g/mol.